The maximum atomic E-state index is 11.8. The van der Waals surface area contributed by atoms with Gasteiger partial charge >= 0.3 is 0 Å². The number of nitrogens with zero attached hydrogens (tertiary/aromatic N) is 1. The largest absolute Gasteiger partial charge is 0.486 e. The van der Waals surface area contributed by atoms with Crippen LogP contribution in [0.5, 0.6) is 5.75 Å². The van der Waals surface area contributed by atoms with Gasteiger partial charge in [-0.1, -0.05) is 0 Å². The Balaban J connectivity index is 2.03. The predicted octanol–water partition coefficient (Wildman–Crippen LogP) is 1.51. The minimum atomic E-state index is -0.0966. The molecule has 0 aliphatic carbocycles. The SMILES string of the molecule is Cc1cc2c(c(N3CCNCC3)c1)OC(C)CC(=O)N2. The maximum absolute atomic E-state index is 11.8. The van der Waals surface area contributed by atoms with E-state index in [1.807, 2.05) is 19.9 Å². The second kappa shape index (κ2) is 5.32. The van der Waals surface area contributed by atoms with Gasteiger partial charge in [0.05, 0.1) is 17.8 Å². The highest BCUT2D eigenvalue weighted by molar-refractivity contribution is 5.95. The topological polar surface area (TPSA) is 53.6 Å². The number of hydrogen-bond donors (Lipinski definition) is 2. The first-order valence-electron chi connectivity index (χ1n) is 7.20. The Morgan fingerprint density at radius 1 is 1.30 bits per heavy atom. The molecule has 1 fully saturated rings. The van der Waals surface area contributed by atoms with Gasteiger partial charge in [0.2, 0.25) is 5.91 Å². The van der Waals surface area contributed by atoms with Gasteiger partial charge < -0.3 is 20.3 Å². The molecule has 108 valence electrons. The van der Waals surface area contributed by atoms with E-state index in [4.69, 9.17) is 4.74 Å². The van der Waals surface area contributed by atoms with Crippen LogP contribution in [0.15, 0.2) is 12.1 Å². The molecule has 0 saturated carbocycles. The number of hydrogen-bond acceptors (Lipinski definition) is 4. The molecule has 20 heavy (non-hydrogen) atoms. The van der Waals surface area contributed by atoms with Crippen molar-refractivity contribution >= 4 is 17.3 Å². The average molecular weight is 275 g/mol. The lowest BCUT2D eigenvalue weighted by Gasteiger charge is -2.32. The molecule has 3 rings (SSSR count). The molecule has 1 aromatic rings. The van der Waals surface area contributed by atoms with E-state index < -0.39 is 0 Å². The Morgan fingerprint density at radius 3 is 2.80 bits per heavy atom. The molecule has 0 radical (unpaired) electrons. The number of fused-ring (bicyclic) bond motifs is 1. The summed E-state index contributed by atoms with van der Waals surface area (Å²) in [5.74, 6) is 0.837. The molecule has 1 aromatic carbocycles. The molecule has 0 spiro atoms. The van der Waals surface area contributed by atoms with Gasteiger partial charge in [-0.05, 0) is 31.5 Å². The van der Waals surface area contributed by atoms with Crippen molar-refractivity contribution in [2.75, 3.05) is 36.4 Å². The van der Waals surface area contributed by atoms with Crippen LogP contribution in [-0.2, 0) is 4.79 Å². The average Bonchev–Trinajstić information content (AvgIpc) is 2.55. The van der Waals surface area contributed by atoms with Crippen molar-refractivity contribution < 1.29 is 9.53 Å². The van der Waals surface area contributed by atoms with Crippen LogP contribution >= 0.6 is 0 Å². The van der Waals surface area contributed by atoms with Gasteiger partial charge in [0, 0.05) is 26.2 Å². The molecule has 1 saturated heterocycles. The molecule has 1 unspecified atom stereocenters. The molecular weight excluding hydrogens is 254 g/mol. The molecule has 5 nitrogen and oxygen atoms in total. The van der Waals surface area contributed by atoms with Crippen molar-refractivity contribution in [1.82, 2.24) is 5.32 Å². The lowest BCUT2D eigenvalue weighted by atomic mass is 10.1. The van der Waals surface area contributed by atoms with Crippen LogP contribution in [0.2, 0.25) is 0 Å². The monoisotopic (exact) mass is 275 g/mol. The third-order valence-corrected chi connectivity index (χ3v) is 3.74. The van der Waals surface area contributed by atoms with Crippen LogP contribution in [0.3, 0.4) is 0 Å². The summed E-state index contributed by atoms with van der Waals surface area (Å²) in [6.45, 7) is 7.86. The Kier molecular flexibility index (Phi) is 3.53. The number of nitrogens with one attached hydrogen (secondary N) is 2. The minimum Gasteiger partial charge on any atom is -0.486 e. The summed E-state index contributed by atoms with van der Waals surface area (Å²) in [4.78, 5) is 14.2. The van der Waals surface area contributed by atoms with E-state index >= 15 is 0 Å². The number of benzene rings is 1. The van der Waals surface area contributed by atoms with Gasteiger partial charge in [-0.3, -0.25) is 4.79 Å². The first-order valence-corrected chi connectivity index (χ1v) is 7.20. The normalized spacial score (nSPS) is 22.6. The zero-order valence-corrected chi connectivity index (χ0v) is 12.0. The van der Waals surface area contributed by atoms with E-state index in [-0.39, 0.29) is 12.0 Å². The van der Waals surface area contributed by atoms with Gasteiger partial charge in [-0.2, -0.15) is 0 Å². The number of aryl methyl sites for hydroxylation is 1. The lowest BCUT2D eigenvalue weighted by molar-refractivity contribution is -0.117. The van der Waals surface area contributed by atoms with E-state index in [1.165, 1.54) is 0 Å². The minimum absolute atomic E-state index is 0.0214. The van der Waals surface area contributed by atoms with Gasteiger partial charge in [0.1, 0.15) is 6.10 Å². The number of carbonyl (C=O) groups is 1. The summed E-state index contributed by atoms with van der Waals surface area (Å²) in [5, 5.41) is 6.32. The molecule has 5 heteroatoms. The number of anilines is 2. The fourth-order valence-corrected chi connectivity index (χ4v) is 2.82. The summed E-state index contributed by atoms with van der Waals surface area (Å²) in [6.07, 6.45) is 0.301. The zero-order chi connectivity index (χ0) is 14.1. The number of piperazine rings is 1. The summed E-state index contributed by atoms with van der Waals surface area (Å²) in [7, 11) is 0. The first kappa shape index (κ1) is 13.2. The lowest BCUT2D eigenvalue weighted by Crippen LogP contribution is -2.43. The van der Waals surface area contributed by atoms with E-state index in [0.29, 0.717) is 6.42 Å². The van der Waals surface area contributed by atoms with Crippen LogP contribution in [0, 0.1) is 6.92 Å². The van der Waals surface area contributed by atoms with Crippen molar-refractivity contribution in [3.05, 3.63) is 17.7 Å². The second-order valence-electron chi connectivity index (χ2n) is 5.58. The number of carbonyl (C=O) groups excluding carboxylic acids is 1. The Bertz CT molecular complexity index is 524. The molecule has 1 amide bonds. The fourth-order valence-electron chi connectivity index (χ4n) is 2.82. The summed E-state index contributed by atoms with van der Waals surface area (Å²) < 4.78 is 6.02. The summed E-state index contributed by atoms with van der Waals surface area (Å²) in [5.41, 5.74) is 3.03. The van der Waals surface area contributed by atoms with E-state index in [9.17, 15) is 4.79 Å². The molecule has 2 heterocycles. The smallest absolute Gasteiger partial charge is 0.228 e. The molecule has 2 aliphatic rings. The molecule has 2 N–H and O–H groups in total. The van der Waals surface area contributed by atoms with Crippen LogP contribution in [0.4, 0.5) is 11.4 Å². The first-order chi connectivity index (χ1) is 9.63. The van der Waals surface area contributed by atoms with Crippen molar-refractivity contribution in [2.45, 2.75) is 26.4 Å². The second-order valence-corrected chi connectivity index (χ2v) is 5.58. The highest BCUT2D eigenvalue weighted by Gasteiger charge is 2.25. The van der Waals surface area contributed by atoms with Gasteiger partial charge in [-0.25, -0.2) is 0 Å². The van der Waals surface area contributed by atoms with Crippen LogP contribution in [0.1, 0.15) is 18.9 Å². The van der Waals surface area contributed by atoms with Crippen molar-refractivity contribution in [2.24, 2.45) is 0 Å². The molecule has 0 aromatic heterocycles. The Morgan fingerprint density at radius 2 is 2.05 bits per heavy atom. The summed E-state index contributed by atoms with van der Waals surface area (Å²) in [6, 6.07) is 4.13. The summed E-state index contributed by atoms with van der Waals surface area (Å²) >= 11 is 0. The molecule has 0 bridgehead atoms. The Hall–Kier alpha value is -1.75. The zero-order valence-electron chi connectivity index (χ0n) is 12.0. The third kappa shape index (κ3) is 2.58. The van der Waals surface area contributed by atoms with Crippen LogP contribution in [-0.4, -0.2) is 38.2 Å². The third-order valence-electron chi connectivity index (χ3n) is 3.74. The molecule has 2 aliphatic heterocycles. The van der Waals surface area contributed by atoms with Gasteiger partial charge in [0.25, 0.3) is 0 Å². The van der Waals surface area contributed by atoms with E-state index in [1.54, 1.807) is 0 Å². The molecule has 1 atom stereocenters. The predicted molar refractivity (Wildman–Crippen MR) is 79.6 cm³/mol. The standard InChI is InChI=1S/C15H21N3O2/c1-10-7-12-15(20-11(2)9-14(19)17-12)13(8-10)18-5-3-16-4-6-18/h7-8,11,16H,3-6,9H2,1-2H3,(H,17,19). The molecular formula is C15H21N3O2. The number of ether oxygens (including phenoxy) is 1. The highest BCUT2D eigenvalue weighted by Crippen LogP contribution is 2.40. The Labute approximate surface area is 119 Å². The highest BCUT2D eigenvalue weighted by atomic mass is 16.5. The van der Waals surface area contributed by atoms with Crippen LogP contribution < -0.4 is 20.3 Å². The number of rotatable bonds is 1. The quantitative estimate of drug-likeness (QED) is 0.816. The van der Waals surface area contributed by atoms with Gasteiger partial charge in [-0.15, -0.1) is 0 Å². The van der Waals surface area contributed by atoms with Gasteiger partial charge in [0.15, 0.2) is 5.75 Å². The van der Waals surface area contributed by atoms with Crippen molar-refractivity contribution in [3.63, 3.8) is 0 Å². The fraction of sp³-hybridized carbons (Fsp3) is 0.533. The van der Waals surface area contributed by atoms with Crippen LogP contribution in [0.25, 0.3) is 0 Å². The van der Waals surface area contributed by atoms with E-state index in [0.717, 1.165) is 48.9 Å². The van der Waals surface area contributed by atoms with Crippen molar-refractivity contribution in [1.29, 1.82) is 0 Å². The maximum Gasteiger partial charge on any atom is 0.228 e. The van der Waals surface area contributed by atoms with Crippen molar-refractivity contribution in [3.8, 4) is 5.75 Å². The van der Waals surface area contributed by atoms with E-state index in [2.05, 4.69) is 21.6 Å². The number of amides is 1.